The largest absolute Gasteiger partial charge is 0.391 e. The number of benzene rings is 1. The summed E-state index contributed by atoms with van der Waals surface area (Å²) in [6.07, 6.45) is 2.12. The first-order chi connectivity index (χ1) is 10.3. The van der Waals surface area contributed by atoms with E-state index in [2.05, 4.69) is 39.7 Å². The smallest absolute Gasteiger partial charge is 0.168 e. The predicted molar refractivity (Wildman–Crippen MR) is 94.2 cm³/mol. The van der Waals surface area contributed by atoms with Crippen LogP contribution in [0, 0.1) is 0 Å². The average Bonchev–Trinajstić information content (AvgIpc) is 3.19. The molecule has 0 atom stereocenters. The molecule has 2 aliphatic rings. The lowest BCUT2D eigenvalue weighted by atomic mass is 10.1. The molecule has 0 bridgehead atoms. The van der Waals surface area contributed by atoms with E-state index in [-0.39, 0.29) is 6.61 Å². The molecule has 0 spiro atoms. The molecule has 1 N–H and O–H groups in total. The summed E-state index contributed by atoms with van der Waals surface area (Å²) in [4.78, 5) is 9.07. The van der Waals surface area contributed by atoms with Gasteiger partial charge in [0.1, 0.15) is 0 Å². The Hall–Kier alpha value is -0.950. The van der Waals surface area contributed by atoms with Crippen LogP contribution in [0.3, 0.4) is 0 Å². The van der Waals surface area contributed by atoms with Gasteiger partial charge < -0.3 is 10.0 Å². The standard InChI is InChI=1S/C15H14N2OS3/c1-19-11-7-10(6-9-2-5-20-14(9)11)13-12(8-18)21-15-16-3-4-17(13)15/h2,5-7,18H,3-4,8H2,1H3. The van der Waals surface area contributed by atoms with Gasteiger partial charge in [0, 0.05) is 26.6 Å². The third kappa shape index (κ3) is 2.12. The molecule has 0 aliphatic carbocycles. The Morgan fingerprint density at radius 1 is 1.43 bits per heavy atom. The molecule has 21 heavy (non-hydrogen) atoms. The van der Waals surface area contributed by atoms with E-state index in [9.17, 15) is 5.11 Å². The van der Waals surface area contributed by atoms with Crippen LogP contribution < -0.4 is 0 Å². The number of hydrogen-bond acceptors (Lipinski definition) is 6. The van der Waals surface area contributed by atoms with Gasteiger partial charge in [0.25, 0.3) is 0 Å². The van der Waals surface area contributed by atoms with Gasteiger partial charge in [-0.2, -0.15) is 0 Å². The zero-order valence-corrected chi connectivity index (χ0v) is 13.9. The Labute approximate surface area is 135 Å². The van der Waals surface area contributed by atoms with Gasteiger partial charge in [-0.25, -0.2) is 0 Å². The molecule has 4 rings (SSSR count). The zero-order chi connectivity index (χ0) is 14.4. The Morgan fingerprint density at radius 2 is 2.33 bits per heavy atom. The first-order valence-corrected chi connectivity index (χ1v) is 9.63. The SMILES string of the molecule is CSc1cc(C2=C(CO)SC3=NCCN32)cc2ccsc12. The van der Waals surface area contributed by atoms with E-state index in [1.165, 1.54) is 20.5 Å². The average molecular weight is 334 g/mol. The normalized spacial score (nSPS) is 17.8. The first kappa shape index (κ1) is 13.7. The number of aliphatic hydroxyl groups excluding tert-OH is 1. The third-order valence-corrected chi connectivity index (χ3v) is 6.66. The quantitative estimate of drug-likeness (QED) is 0.868. The van der Waals surface area contributed by atoms with Gasteiger partial charge >= 0.3 is 0 Å². The summed E-state index contributed by atoms with van der Waals surface area (Å²) in [6, 6.07) is 6.65. The van der Waals surface area contributed by atoms with E-state index in [0.29, 0.717) is 0 Å². The Bertz CT molecular complexity index is 778. The molecule has 0 saturated carbocycles. The molecule has 6 heteroatoms. The number of thiophene rings is 1. The Balaban J connectivity index is 1.90. The molecule has 0 radical (unpaired) electrons. The number of rotatable bonds is 3. The van der Waals surface area contributed by atoms with Crippen LogP contribution in [0.5, 0.6) is 0 Å². The molecule has 1 aromatic heterocycles. The van der Waals surface area contributed by atoms with Crippen molar-refractivity contribution in [3.8, 4) is 0 Å². The van der Waals surface area contributed by atoms with Crippen molar-refractivity contribution in [3.63, 3.8) is 0 Å². The highest BCUT2D eigenvalue weighted by Crippen LogP contribution is 2.43. The van der Waals surface area contributed by atoms with Crippen molar-refractivity contribution in [2.75, 3.05) is 26.0 Å². The molecule has 2 aromatic rings. The second-order valence-electron chi connectivity index (χ2n) is 4.87. The maximum atomic E-state index is 9.69. The fourth-order valence-corrected chi connectivity index (χ4v) is 5.58. The summed E-state index contributed by atoms with van der Waals surface area (Å²) in [5.41, 5.74) is 2.33. The highest BCUT2D eigenvalue weighted by molar-refractivity contribution is 8.17. The number of aliphatic hydroxyl groups is 1. The summed E-state index contributed by atoms with van der Waals surface area (Å²) < 4.78 is 1.35. The van der Waals surface area contributed by atoms with Crippen LogP contribution in [0.2, 0.25) is 0 Å². The van der Waals surface area contributed by atoms with Gasteiger partial charge in [0.2, 0.25) is 0 Å². The molecule has 108 valence electrons. The van der Waals surface area contributed by atoms with Gasteiger partial charge in [-0.1, -0.05) is 11.8 Å². The second kappa shape index (κ2) is 5.35. The van der Waals surface area contributed by atoms with Gasteiger partial charge in [-0.05, 0) is 35.2 Å². The van der Waals surface area contributed by atoms with Gasteiger partial charge in [0.15, 0.2) is 5.17 Å². The lowest BCUT2D eigenvalue weighted by molar-refractivity contribution is 0.339. The number of nitrogens with zero attached hydrogens (tertiary/aromatic N) is 2. The summed E-state index contributed by atoms with van der Waals surface area (Å²) in [6.45, 7) is 1.84. The van der Waals surface area contributed by atoms with Crippen molar-refractivity contribution >= 4 is 55.8 Å². The van der Waals surface area contributed by atoms with Crippen LogP contribution in [0.1, 0.15) is 5.56 Å². The van der Waals surface area contributed by atoms with Crippen molar-refractivity contribution in [2.45, 2.75) is 4.90 Å². The minimum atomic E-state index is 0.0752. The summed E-state index contributed by atoms with van der Waals surface area (Å²) in [5.74, 6) is 0. The van der Waals surface area contributed by atoms with Crippen LogP contribution in [0.25, 0.3) is 15.8 Å². The van der Waals surface area contributed by atoms with Crippen molar-refractivity contribution in [3.05, 3.63) is 34.0 Å². The highest BCUT2D eigenvalue weighted by Gasteiger charge is 2.32. The molecule has 3 nitrogen and oxygen atoms in total. The van der Waals surface area contributed by atoms with E-state index in [0.717, 1.165) is 28.9 Å². The maximum absolute atomic E-state index is 9.69. The summed E-state index contributed by atoms with van der Waals surface area (Å²) in [5, 5.41) is 14.1. The lowest BCUT2D eigenvalue weighted by Crippen LogP contribution is -2.20. The van der Waals surface area contributed by atoms with E-state index in [1.807, 2.05) is 0 Å². The van der Waals surface area contributed by atoms with Crippen molar-refractivity contribution < 1.29 is 5.11 Å². The number of hydrogen-bond donors (Lipinski definition) is 1. The molecular formula is C15H14N2OS3. The molecule has 0 fully saturated rings. The minimum absolute atomic E-state index is 0.0752. The van der Waals surface area contributed by atoms with Gasteiger partial charge in [-0.3, -0.25) is 4.99 Å². The highest BCUT2D eigenvalue weighted by atomic mass is 32.2. The van der Waals surface area contributed by atoms with Crippen molar-refractivity contribution in [2.24, 2.45) is 4.99 Å². The van der Waals surface area contributed by atoms with Crippen molar-refractivity contribution in [1.82, 2.24) is 4.90 Å². The van der Waals surface area contributed by atoms with E-state index < -0.39 is 0 Å². The van der Waals surface area contributed by atoms with Crippen LogP contribution in [-0.2, 0) is 0 Å². The first-order valence-electron chi connectivity index (χ1n) is 6.71. The van der Waals surface area contributed by atoms with E-state index in [4.69, 9.17) is 0 Å². The molecule has 0 saturated heterocycles. The summed E-state index contributed by atoms with van der Waals surface area (Å²) in [7, 11) is 0. The second-order valence-corrected chi connectivity index (χ2v) is 7.69. The van der Waals surface area contributed by atoms with Crippen LogP contribution >= 0.6 is 34.9 Å². The van der Waals surface area contributed by atoms with Crippen LogP contribution in [0.4, 0.5) is 0 Å². The fraction of sp³-hybridized carbons (Fsp3) is 0.267. The molecule has 0 amide bonds. The Kier molecular flexibility index (Phi) is 3.49. The molecule has 2 aliphatic heterocycles. The van der Waals surface area contributed by atoms with Crippen LogP contribution in [-0.4, -0.2) is 41.1 Å². The van der Waals surface area contributed by atoms with Crippen molar-refractivity contribution in [1.29, 1.82) is 0 Å². The molecule has 0 unspecified atom stereocenters. The predicted octanol–water partition coefficient (Wildman–Crippen LogP) is 3.70. The van der Waals surface area contributed by atoms with E-state index >= 15 is 0 Å². The lowest BCUT2D eigenvalue weighted by Gasteiger charge is -2.18. The number of aliphatic imine (C=N–C) groups is 1. The van der Waals surface area contributed by atoms with E-state index in [1.54, 1.807) is 34.9 Å². The number of thioether (sulfide) groups is 2. The fourth-order valence-electron chi connectivity index (χ4n) is 2.79. The monoisotopic (exact) mass is 334 g/mol. The number of fused-ring (bicyclic) bond motifs is 2. The molecule has 1 aromatic carbocycles. The maximum Gasteiger partial charge on any atom is 0.168 e. The van der Waals surface area contributed by atoms with Crippen LogP contribution in [0.15, 0.2) is 38.4 Å². The third-order valence-electron chi connectivity index (χ3n) is 3.70. The van der Waals surface area contributed by atoms with Gasteiger partial charge in [-0.15, -0.1) is 23.1 Å². The topological polar surface area (TPSA) is 35.8 Å². The van der Waals surface area contributed by atoms with Gasteiger partial charge in [0.05, 0.1) is 18.8 Å². The number of amidine groups is 1. The minimum Gasteiger partial charge on any atom is -0.391 e. The molecule has 3 heterocycles. The molecular weight excluding hydrogens is 320 g/mol. The Morgan fingerprint density at radius 3 is 3.14 bits per heavy atom. The zero-order valence-electron chi connectivity index (χ0n) is 11.5. The summed E-state index contributed by atoms with van der Waals surface area (Å²) >= 11 is 5.17.